The van der Waals surface area contributed by atoms with E-state index >= 15 is 0 Å². The number of phenols is 1. The largest absolute Gasteiger partial charge is 0.508 e. The first-order valence-corrected chi connectivity index (χ1v) is 21.2. The number of hydrogen-bond donors (Lipinski definition) is 14. The van der Waals surface area contributed by atoms with Gasteiger partial charge in [0, 0.05) is 19.3 Å². The second-order valence-electron chi connectivity index (χ2n) is 15.8. The van der Waals surface area contributed by atoms with E-state index in [1.54, 1.807) is 13.8 Å². The number of amides is 8. The molecule has 0 spiro atoms. The topological polar surface area (TPSA) is 414 Å². The maximum atomic E-state index is 14.1. The molecule has 0 aliphatic heterocycles. The van der Waals surface area contributed by atoms with Gasteiger partial charge in [-0.25, -0.2) is 4.79 Å². The van der Waals surface area contributed by atoms with Crippen molar-refractivity contribution in [3.63, 3.8) is 0 Å². The predicted molar refractivity (Wildman–Crippen MR) is 232 cm³/mol. The van der Waals surface area contributed by atoms with Gasteiger partial charge in [0.05, 0.1) is 12.1 Å². The minimum absolute atomic E-state index is 0.0482. The molecule has 1 aromatic rings. The van der Waals surface area contributed by atoms with Crippen LogP contribution >= 0.6 is 0 Å². The molecule has 24 heteroatoms. The Morgan fingerprint density at radius 3 is 1.58 bits per heavy atom. The zero-order valence-corrected chi connectivity index (χ0v) is 37.3. The standard InChI is InChI=1S/C41H66N10O14/c1-6-20(2)32(39(62)48-28(41(64)65)9-7-8-18-42)50-37(60)26(14-16-30(44)54)46-36(59)27(15-17-31(55)56)47-38(61)29(19-24-10-12-25(53)13-11-24)49-40(63)33(23(5)52)51-35(58)22(4)45-34(57)21(3)43/h10-13,20-23,26-29,32-33,52-53H,6-9,14-19,42-43H2,1-5H3,(H2,44,54)(H,45,57)(H,46,59)(H,47,61)(H,48,62)(H,49,63)(H,50,60)(H,51,58)(H,55,56)(H,64,65)/t20-,21-,22-,23+,26-,27-,28-,29-,32-,33-/m0/s1. The second-order valence-corrected chi connectivity index (χ2v) is 15.8. The molecule has 0 saturated carbocycles. The molecule has 0 aliphatic rings. The van der Waals surface area contributed by atoms with Gasteiger partial charge in [0.15, 0.2) is 0 Å². The molecule has 0 bridgehead atoms. The van der Waals surface area contributed by atoms with E-state index in [0.717, 1.165) is 6.92 Å². The number of aliphatic carboxylic acids is 2. The van der Waals surface area contributed by atoms with Crippen LogP contribution in [0.1, 0.15) is 91.5 Å². The molecular weight excluding hydrogens is 857 g/mol. The number of unbranched alkanes of at least 4 members (excludes halogenated alkanes) is 1. The Bertz CT molecular complexity index is 1810. The Morgan fingerprint density at radius 1 is 0.600 bits per heavy atom. The van der Waals surface area contributed by atoms with Gasteiger partial charge < -0.3 is 74.8 Å². The fourth-order valence-corrected chi connectivity index (χ4v) is 6.04. The Balaban J connectivity index is 3.54. The maximum absolute atomic E-state index is 14.1. The molecule has 0 saturated heterocycles. The number of carboxylic acid groups (broad SMARTS) is 2. The van der Waals surface area contributed by atoms with Crippen LogP contribution in [0.4, 0.5) is 0 Å². The minimum atomic E-state index is -1.73. The van der Waals surface area contributed by atoms with Crippen molar-refractivity contribution in [3.05, 3.63) is 29.8 Å². The lowest BCUT2D eigenvalue weighted by Crippen LogP contribution is -2.62. The molecule has 0 radical (unpaired) electrons. The number of primary amides is 1. The van der Waals surface area contributed by atoms with Crippen molar-refractivity contribution in [2.24, 2.45) is 23.1 Å². The van der Waals surface area contributed by atoms with Crippen molar-refractivity contribution in [2.75, 3.05) is 6.54 Å². The summed E-state index contributed by atoms with van der Waals surface area (Å²) in [5.74, 6) is -11.1. The van der Waals surface area contributed by atoms with Crippen LogP contribution in [0.5, 0.6) is 5.75 Å². The summed E-state index contributed by atoms with van der Waals surface area (Å²) < 4.78 is 0. The molecule has 0 aromatic heterocycles. The number of aliphatic hydroxyl groups excluding tert-OH is 1. The van der Waals surface area contributed by atoms with Crippen LogP contribution in [0.15, 0.2) is 24.3 Å². The van der Waals surface area contributed by atoms with Crippen molar-refractivity contribution in [1.29, 1.82) is 0 Å². The number of nitrogens with one attached hydrogen (secondary N) is 7. The molecule has 364 valence electrons. The number of benzene rings is 1. The number of rotatable bonds is 30. The average Bonchev–Trinajstić information content (AvgIpc) is 3.23. The molecule has 0 heterocycles. The average molecular weight is 923 g/mol. The molecule has 1 rings (SSSR count). The summed E-state index contributed by atoms with van der Waals surface area (Å²) in [6.45, 7) is 7.45. The van der Waals surface area contributed by atoms with Crippen LogP contribution in [0.3, 0.4) is 0 Å². The maximum Gasteiger partial charge on any atom is 0.326 e. The molecule has 10 atom stereocenters. The normalized spacial score (nSPS) is 15.6. The molecule has 17 N–H and O–H groups in total. The van der Waals surface area contributed by atoms with E-state index in [0.29, 0.717) is 31.4 Å². The highest BCUT2D eigenvalue weighted by Crippen LogP contribution is 2.14. The van der Waals surface area contributed by atoms with E-state index in [1.807, 2.05) is 0 Å². The summed E-state index contributed by atoms with van der Waals surface area (Å²) in [5.41, 5.74) is 16.8. The van der Waals surface area contributed by atoms with E-state index in [9.17, 15) is 68.4 Å². The van der Waals surface area contributed by atoms with Gasteiger partial charge in [-0.2, -0.15) is 0 Å². The highest BCUT2D eigenvalue weighted by Gasteiger charge is 2.36. The minimum Gasteiger partial charge on any atom is -0.508 e. The van der Waals surface area contributed by atoms with Crippen LogP contribution < -0.4 is 54.4 Å². The predicted octanol–water partition coefficient (Wildman–Crippen LogP) is -3.53. The lowest BCUT2D eigenvalue weighted by Gasteiger charge is -2.29. The van der Waals surface area contributed by atoms with Crippen molar-refractivity contribution in [3.8, 4) is 5.75 Å². The molecule has 0 unspecified atom stereocenters. The first-order chi connectivity index (χ1) is 30.4. The van der Waals surface area contributed by atoms with E-state index in [1.165, 1.54) is 38.1 Å². The Hall–Kier alpha value is -6.40. The monoisotopic (exact) mass is 922 g/mol. The van der Waals surface area contributed by atoms with Crippen molar-refractivity contribution in [2.45, 2.75) is 147 Å². The quantitative estimate of drug-likeness (QED) is 0.0333. The first-order valence-electron chi connectivity index (χ1n) is 21.2. The fraction of sp³-hybridized carbons (Fsp3) is 0.610. The summed E-state index contributed by atoms with van der Waals surface area (Å²) >= 11 is 0. The van der Waals surface area contributed by atoms with Crippen molar-refractivity contribution >= 4 is 59.2 Å². The molecule has 8 amide bonds. The Kier molecular flexibility index (Phi) is 24.7. The SMILES string of the molecule is CC[C@H](C)[C@H](NC(=O)[C@H](CCC(N)=O)NC(=O)[C@H](CCC(=O)O)NC(=O)[C@H](Cc1ccc(O)cc1)NC(=O)[C@@H](NC(=O)[C@H](C)NC(=O)[C@H](C)N)[C@@H](C)O)C(=O)N[C@@H](CCCCN)C(=O)O. The van der Waals surface area contributed by atoms with Crippen LogP contribution in [0, 0.1) is 5.92 Å². The molecule has 65 heavy (non-hydrogen) atoms. The van der Waals surface area contributed by atoms with E-state index in [2.05, 4.69) is 37.2 Å². The van der Waals surface area contributed by atoms with Gasteiger partial charge in [-0.1, -0.05) is 32.4 Å². The van der Waals surface area contributed by atoms with Gasteiger partial charge in [0.25, 0.3) is 0 Å². The highest BCUT2D eigenvalue weighted by molar-refractivity contribution is 5.98. The molecular formula is C41H66N10O14. The Labute approximate surface area is 376 Å². The molecule has 0 aliphatic carbocycles. The molecule has 24 nitrogen and oxygen atoms in total. The number of carbonyl (C=O) groups is 10. The number of aromatic hydroxyl groups is 1. The summed E-state index contributed by atoms with van der Waals surface area (Å²) in [6.07, 6.45) is -2.83. The Morgan fingerprint density at radius 2 is 1.09 bits per heavy atom. The van der Waals surface area contributed by atoms with E-state index in [-0.39, 0.29) is 18.6 Å². The van der Waals surface area contributed by atoms with E-state index in [4.69, 9.17) is 17.2 Å². The van der Waals surface area contributed by atoms with Gasteiger partial charge >= 0.3 is 11.9 Å². The van der Waals surface area contributed by atoms with Crippen LogP contribution in [0.2, 0.25) is 0 Å². The zero-order chi connectivity index (χ0) is 49.6. The number of hydrogen-bond acceptors (Lipinski definition) is 14. The summed E-state index contributed by atoms with van der Waals surface area (Å²) in [4.78, 5) is 129. The van der Waals surface area contributed by atoms with Crippen LogP contribution in [0.25, 0.3) is 0 Å². The number of carbonyl (C=O) groups excluding carboxylic acids is 8. The highest BCUT2D eigenvalue weighted by atomic mass is 16.4. The smallest absolute Gasteiger partial charge is 0.326 e. The van der Waals surface area contributed by atoms with Gasteiger partial charge in [-0.05, 0) is 83.0 Å². The van der Waals surface area contributed by atoms with Crippen molar-refractivity contribution in [1.82, 2.24) is 37.2 Å². The number of carboxylic acids is 2. The zero-order valence-electron chi connectivity index (χ0n) is 37.3. The molecule has 1 aromatic carbocycles. The van der Waals surface area contributed by atoms with Gasteiger partial charge in [-0.15, -0.1) is 0 Å². The van der Waals surface area contributed by atoms with Crippen LogP contribution in [-0.4, -0.2) is 141 Å². The summed E-state index contributed by atoms with van der Waals surface area (Å²) in [7, 11) is 0. The second kappa shape index (κ2) is 28.4. The van der Waals surface area contributed by atoms with Crippen molar-refractivity contribution < 1.29 is 68.4 Å². The third-order valence-corrected chi connectivity index (χ3v) is 10.2. The number of aliphatic hydroxyl groups is 1. The van der Waals surface area contributed by atoms with E-state index < -0.39 is 145 Å². The number of phenolic OH excluding ortho intramolecular Hbond substituents is 1. The van der Waals surface area contributed by atoms with Gasteiger partial charge in [-0.3, -0.25) is 43.2 Å². The summed E-state index contributed by atoms with van der Waals surface area (Å²) in [6, 6.07) is -6.15. The van der Waals surface area contributed by atoms with Crippen LogP contribution in [-0.2, 0) is 54.4 Å². The summed E-state index contributed by atoms with van der Waals surface area (Å²) in [5, 5.41) is 56.3. The fourth-order valence-electron chi connectivity index (χ4n) is 6.04. The lowest BCUT2D eigenvalue weighted by atomic mass is 9.96. The number of nitrogens with two attached hydrogens (primary N) is 3. The third-order valence-electron chi connectivity index (χ3n) is 10.2. The lowest BCUT2D eigenvalue weighted by molar-refractivity contribution is -0.143. The third kappa shape index (κ3) is 20.8. The van der Waals surface area contributed by atoms with Gasteiger partial charge in [0.2, 0.25) is 47.3 Å². The first kappa shape index (κ1) is 56.6. The molecule has 0 fully saturated rings. The van der Waals surface area contributed by atoms with Gasteiger partial charge in [0.1, 0.15) is 48.0 Å².